The van der Waals surface area contributed by atoms with E-state index in [1.807, 2.05) is 6.92 Å². The average Bonchev–Trinajstić information content (AvgIpc) is 2.61. The highest BCUT2D eigenvalue weighted by molar-refractivity contribution is 7.21. The van der Waals surface area contributed by atoms with Gasteiger partial charge in [0, 0.05) is 6.54 Å². The summed E-state index contributed by atoms with van der Waals surface area (Å²) >= 11 is 6.49. The van der Waals surface area contributed by atoms with Crippen LogP contribution in [-0.2, 0) is 0 Å². The Morgan fingerprint density at radius 3 is 2.33 bits per heavy atom. The summed E-state index contributed by atoms with van der Waals surface area (Å²) in [7, 11) is 0. The predicted octanol–water partition coefficient (Wildman–Crippen LogP) is 3.82. The molecule has 9 heteroatoms. The number of nitrogens with one attached hydrogen (secondary N) is 1. The van der Waals surface area contributed by atoms with E-state index in [2.05, 4.69) is 5.32 Å². The number of hydrogen-bond acceptors (Lipinski definition) is 6. The van der Waals surface area contributed by atoms with E-state index < -0.39 is 21.2 Å². The first kappa shape index (κ1) is 14.7. The second-order valence-corrected chi connectivity index (χ2v) is 5.17. The molecular formula is C9H12ClN3O4S. The third kappa shape index (κ3) is 3.30. The molecule has 0 saturated carbocycles. The highest BCUT2D eigenvalue weighted by Crippen LogP contribution is 2.47. The first-order chi connectivity index (χ1) is 8.49. The van der Waals surface area contributed by atoms with Gasteiger partial charge in [0.1, 0.15) is 0 Å². The first-order valence-electron chi connectivity index (χ1n) is 5.34. The number of hydrogen-bond donors (Lipinski definition) is 1. The van der Waals surface area contributed by atoms with E-state index >= 15 is 0 Å². The second kappa shape index (κ2) is 6.50. The van der Waals surface area contributed by atoms with Crippen molar-refractivity contribution >= 4 is 39.3 Å². The number of nitro groups is 2. The molecule has 0 aliphatic rings. The summed E-state index contributed by atoms with van der Waals surface area (Å²) in [6, 6.07) is 0. The molecule has 0 saturated heterocycles. The molecule has 0 radical (unpaired) electrons. The highest BCUT2D eigenvalue weighted by Gasteiger charge is 2.36. The number of thiophene rings is 1. The van der Waals surface area contributed by atoms with Crippen molar-refractivity contribution in [3.63, 3.8) is 0 Å². The second-order valence-electron chi connectivity index (χ2n) is 3.55. The van der Waals surface area contributed by atoms with Crippen LogP contribution >= 0.6 is 22.9 Å². The molecule has 1 aromatic heterocycles. The Bertz CT molecular complexity index is 463. The fourth-order valence-corrected chi connectivity index (χ4v) is 2.69. The number of halogens is 1. The van der Waals surface area contributed by atoms with Crippen LogP contribution in [0, 0.1) is 20.2 Å². The fraction of sp³-hybridized carbons (Fsp3) is 0.556. The zero-order valence-corrected chi connectivity index (χ0v) is 11.2. The van der Waals surface area contributed by atoms with Crippen molar-refractivity contribution in [3.05, 3.63) is 24.6 Å². The van der Waals surface area contributed by atoms with Crippen molar-refractivity contribution in [2.24, 2.45) is 0 Å². The molecular weight excluding hydrogens is 282 g/mol. The number of anilines is 1. The summed E-state index contributed by atoms with van der Waals surface area (Å²) in [5.74, 6) is 0. The van der Waals surface area contributed by atoms with Crippen molar-refractivity contribution in [3.8, 4) is 0 Å². The largest absolute Gasteiger partial charge is 0.381 e. The molecule has 1 rings (SSSR count). The maximum atomic E-state index is 10.9. The van der Waals surface area contributed by atoms with E-state index in [0.717, 1.165) is 30.6 Å². The van der Waals surface area contributed by atoms with Gasteiger partial charge in [-0.3, -0.25) is 20.2 Å². The third-order valence-electron chi connectivity index (χ3n) is 2.25. The minimum Gasteiger partial charge on any atom is -0.371 e. The van der Waals surface area contributed by atoms with Crippen molar-refractivity contribution in [1.29, 1.82) is 0 Å². The van der Waals surface area contributed by atoms with Crippen molar-refractivity contribution < 1.29 is 9.85 Å². The summed E-state index contributed by atoms with van der Waals surface area (Å²) < 4.78 is -0.176. The lowest BCUT2D eigenvalue weighted by molar-refractivity contribution is -0.421. The van der Waals surface area contributed by atoms with Crippen molar-refractivity contribution in [2.75, 3.05) is 11.9 Å². The smallest absolute Gasteiger partial charge is 0.371 e. The maximum absolute atomic E-state index is 10.9. The van der Waals surface area contributed by atoms with E-state index in [-0.39, 0.29) is 9.34 Å². The highest BCUT2D eigenvalue weighted by atomic mass is 35.5. The Kier molecular flexibility index (Phi) is 5.29. The van der Waals surface area contributed by atoms with Gasteiger partial charge < -0.3 is 5.32 Å². The monoisotopic (exact) mass is 293 g/mol. The third-order valence-corrected chi connectivity index (χ3v) is 3.57. The summed E-state index contributed by atoms with van der Waals surface area (Å²) in [6.07, 6.45) is 2.86. The molecule has 1 aromatic rings. The van der Waals surface area contributed by atoms with Gasteiger partial charge in [0.25, 0.3) is 0 Å². The van der Waals surface area contributed by atoms with Gasteiger partial charge in [0.05, 0.1) is 9.85 Å². The van der Waals surface area contributed by atoms with E-state index in [9.17, 15) is 20.2 Å². The molecule has 1 heterocycles. The summed E-state index contributed by atoms with van der Waals surface area (Å²) in [6.45, 7) is 2.57. The molecule has 0 bridgehead atoms. The molecule has 0 amide bonds. The average molecular weight is 294 g/mol. The van der Waals surface area contributed by atoms with Gasteiger partial charge in [0.15, 0.2) is 9.34 Å². The SMILES string of the molecule is CCCCCNc1sc(Cl)c([N+](=O)[O-])c1[N+](=O)[O-]. The van der Waals surface area contributed by atoms with Gasteiger partial charge in [-0.1, -0.05) is 42.7 Å². The molecule has 0 spiro atoms. The standard InChI is InChI=1S/C9H12ClN3O4S/c1-2-3-4-5-11-9-7(13(16)17)6(12(14)15)8(10)18-9/h11H,2-5H2,1H3. The van der Waals surface area contributed by atoms with Gasteiger partial charge in [-0.15, -0.1) is 0 Å². The first-order valence-corrected chi connectivity index (χ1v) is 6.53. The van der Waals surface area contributed by atoms with Crippen LogP contribution in [0.5, 0.6) is 0 Å². The Labute approximate surface area is 112 Å². The van der Waals surface area contributed by atoms with E-state index in [4.69, 9.17) is 11.6 Å². The topological polar surface area (TPSA) is 98.3 Å². The van der Waals surface area contributed by atoms with Crippen LogP contribution in [0.2, 0.25) is 4.34 Å². The summed E-state index contributed by atoms with van der Waals surface area (Å²) in [5, 5.41) is 24.6. The molecule has 0 fully saturated rings. The Morgan fingerprint density at radius 2 is 1.83 bits per heavy atom. The lowest BCUT2D eigenvalue weighted by atomic mass is 10.2. The number of rotatable bonds is 7. The Balaban J connectivity index is 2.94. The van der Waals surface area contributed by atoms with Crippen LogP contribution in [0.15, 0.2) is 0 Å². The van der Waals surface area contributed by atoms with Gasteiger partial charge in [-0.05, 0) is 6.42 Å². The van der Waals surface area contributed by atoms with E-state index in [1.54, 1.807) is 0 Å². The minimum absolute atomic E-state index is 0.146. The summed E-state index contributed by atoms with van der Waals surface area (Å²) in [5.41, 5.74) is -1.18. The quantitative estimate of drug-likeness (QED) is 0.468. The fourth-order valence-electron chi connectivity index (χ4n) is 1.41. The van der Waals surface area contributed by atoms with E-state index in [1.165, 1.54) is 0 Å². The van der Waals surface area contributed by atoms with Crippen LogP contribution in [0.3, 0.4) is 0 Å². The zero-order valence-electron chi connectivity index (χ0n) is 9.64. The molecule has 0 aliphatic heterocycles. The number of unbranched alkanes of at least 4 members (excludes halogenated alkanes) is 2. The Morgan fingerprint density at radius 1 is 1.22 bits per heavy atom. The molecule has 18 heavy (non-hydrogen) atoms. The van der Waals surface area contributed by atoms with Gasteiger partial charge >= 0.3 is 11.4 Å². The number of nitrogens with zero attached hydrogens (tertiary/aromatic N) is 2. The normalized spacial score (nSPS) is 10.3. The molecule has 0 aliphatic carbocycles. The lowest BCUT2D eigenvalue weighted by Gasteiger charge is -2.01. The minimum atomic E-state index is -0.825. The van der Waals surface area contributed by atoms with E-state index in [0.29, 0.717) is 6.54 Å². The predicted molar refractivity (Wildman–Crippen MR) is 70.7 cm³/mol. The molecule has 0 atom stereocenters. The maximum Gasteiger partial charge on any atom is 0.381 e. The van der Waals surface area contributed by atoms with Crippen LogP contribution in [-0.4, -0.2) is 16.4 Å². The molecule has 0 unspecified atom stereocenters. The lowest BCUT2D eigenvalue weighted by Crippen LogP contribution is -2.02. The molecule has 0 aromatic carbocycles. The summed E-state index contributed by atoms with van der Waals surface area (Å²) in [4.78, 5) is 20.0. The molecule has 1 N–H and O–H groups in total. The van der Waals surface area contributed by atoms with Crippen LogP contribution < -0.4 is 5.32 Å². The van der Waals surface area contributed by atoms with Gasteiger partial charge in [-0.2, -0.15) is 0 Å². The van der Waals surface area contributed by atoms with Crippen LogP contribution in [0.1, 0.15) is 26.2 Å². The van der Waals surface area contributed by atoms with Crippen LogP contribution in [0.25, 0.3) is 0 Å². The van der Waals surface area contributed by atoms with Crippen LogP contribution in [0.4, 0.5) is 16.4 Å². The molecule has 100 valence electrons. The zero-order chi connectivity index (χ0) is 13.7. The Hall–Kier alpha value is -1.41. The van der Waals surface area contributed by atoms with Crippen molar-refractivity contribution in [2.45, 2.75) is 26.2 Å². The van der Waals surface area contributed by atoms with Gasteiger partial charge in [-0.25, -0.2) is 0 Å². The molecule has 7 nitrogen and oxygen atoms in total. The van der Waals surface area contributed by atoms with Gasteiger partial charge in [0.2, 0.25) is 0 Å². The van der Waals surface area contributed by atoms with Crippen molar-refractivity contribution in [1.82, 2.24) is 0 Å².